The highest BCUT2D eigenvalue weighted by Gasteiger charge is 2.27. The molecule has 1 N–H and O–H groups in total. The molecule has 0 bridgehead atoms. The fourth-order valence-corrected chi connectivity index (χ4v) is 5.04. The second-order valence-corrected chi connectivity index (χ2v) is 11.5. The number of hydrogen-bond donors (Lipinski definition) is 1. The fraction of sp³-hybridized carbons (Fsp3) is 0.462. The molecule has 0 aromatic heterocycles. The van der Waals surface area contributed by atoms with E-state index in [1.54, 1.807) is 31.2 Å². The molecule has 0 saturated heterocycles. The summed E-state index contributed by atoms with van der Waals surface area (Å²) in [6.45, 7) is 9.61. The summed E-state index contributed by atoms with van der Waals surface area (Å²) in [6, 6.07) is 11.9. The minimum atomic E-state index is -3.54. The number of nitrogens with zero attached hydrogens (tertiary/aromatic N) is 2. The monoisotopic (exact) mass is 521 g/mol. The number of hydrogen-bond acceptors (Lipinski definition) is 4. The van der Waals surface area contributed by atoms with E-state index in [2.05, 4.69) is 5.32 Å². The lowest BCUT2D eigenvalue weighted by Gasteiger charge is -2.30. The van der Waals surface area contributed by atoms with Crippen LogP contribution in [0.2, 0.25) is 5.02 Å². The average Bonchev–Trinajstić information content (AvgIpc) is 2.75. The summed E-state index contributed by atoms with van der Waals surface area (Å²) in [6.07, 6.45) is 1.57. The van der Waals surface area contributed by atoms with E-state index in [0.29, 0.717) is 17.1 Å². The number of benzene rings is 2. The normalized spacial score (nSPS) is 12.3. The minimum absolute atomic E-state index is 0.0611. The van der Waals surface area contributed by atoms with Gasteiger partial charge in [0.1, 0.15) is 6.04 Å². The first-order valence-corrected chi connectivity index (χ1v) is 13.9. The molecule has 2 aromatic carbocycles. The van der Waals surface area contributed by atoms with E-state index in [1.165, 1.54) is 15.5 Å². The second-order valence-electron chi connectivity index (χ2n) is 9.15. The second kappa shape index (κ2) is 12.4. The van der Waals surface area contributed by atoms with Gasteiger partial charge in [-0.1, -0.05) is 35.9 Å². The van der Waals surface area contributed by atoms with Gasteiger partial charge >= 0.3 is 0 Å². The standard InChI is InChI=1S/C26H36ClN3O4S/c1-18(2)28-26(32)21(5)29(17-22-11-8-12-23(27)16-22)25(31)14-9-15-30(35(6,33)34)24-13-7-10-19(3)20(24)4/h7-8,10-13,16,18,21H,9,14-15,17H2,1-6H3,(H,28,32)/t21-/m1/s1. The number of carbonyl (C=O) groups excluding carboxylic acids is 2. The van der Waals surface area contributed by atoms with E-state index < -0.39 is 16.1 Å². The SMILES string of the molecule is Cc1cccc(N(CCCC(=O)N(Cc2cccc(Cl)c2)[C@H](C)C(=O)NC(C)C)S(C)(=O)=O)c1C. The lowest BCUT2D eigenvalue weighted by molar-refractivity contribution is -0.140. The first kappa shape index (κ1) is 28.7. The first-order valence-electron chi connectivity index (χ1n) is 11.7. The summed E-state index contributed by atoms with van der Waals surface area (Å²) in [4.78, 5) is 27.5. The molecule has 9 heteroatoms. The molecule has 1 atom stereocenters. The van der Waals surface area contributed by atoms with Gasteiger partial charge in [-0.25, -0.2) is 8.42 Å². The predicted octanol–water partition coefficient (Wildman–Crippen LogP) is 4.44. The molecule has 0 aliphatic heterocycles. The third-order valence-corrected chi connectivity index (χ3v) is 7.25. The Morgan fingerprint density at radius 2 is 1.71 bits per heavy atom. The van der Waals surface area contributed by atoms with Crippen molar-refractivity contribution in [2.24, 2.45) is 0 Å². The summed E-state index contributed by atoms with van der Waals surface area (Å²) >= 11 is 6.12. The number of nitrogens with one attached hydrogen (secondary N) is 1. The first-order chi connectivity index (χ1) is 16.3. The van der Waals surface area contributed by atoms with Crippen LogP contribution >= 0.6 is 11.6 Å². The van der Waals surface area contributed by atoms with Crippen LogP contribution in [0.3, 0.4) is 0 Å². The molecule has 7 nitrogen and oxygen atoms in total. The Bertz CT molecular complexity index is 1150. The van der Waals surface area contributed by atoms with Crippen molar-refractivity contribution in [3.05, 3.63) is 64.2 Å². The van der Waals surface area contributed by atoms with Gasteiger partial charge in [-0.15, -0.1) is 0 Å². The van der Waals surface area contributed by atoms with Gasteiger partial charge in [0.15, 0.2) is 0 Å². The number of carbonyl (C=O) groups is 2. The smallest absolute Gasteiger partial charge is 0.242 e. The van der Waals surface area contributed by atoms with Crippen molar-refractivity contribution in [1.82, 2.24) is 10.2 Å². The van der Waals surface area contributed by atoms with E-state index in [0.717, 1.165) is 16.7 Å². The fourth-order valence-electron chi connectivity index (χ4n) is 3.81. The van der Waals surface area contributed by atoms with Crippen LogP contribution in [0.25, 0.3) is 0 Å². The topological polar surface area (TPSA) is 86.8 Å². The van der Waals surface area contributed by atoms with Crippen molar-refractivity contribution < 1.29 is 18.0 Å². The molecule has 0 spiro atoms. The zero-order chi connectivity index (χ0) is 26.3. The number of amides is 2. The maximum absolute atomic E-state index is 13.3. The Morgan fingerprint density at radius 3 is 2.31 bits per heavy atom. The van der Waals surface area contributed by atoms with E-state index in [-0.39, 0.29) is 37.4 Å². The third kappa shape index (κ3) is 8.25. The van der Waals surface area contributed by atoms with E-state index in [9.17, 15) is 18.0 Å². The van der Waals surface area contributed by atoms with Crippen molar-refractivity contribution >= 4 is 39.1 Å². The number of aryl methyl sites for hydroxylation is 1. The summed E-state index contributed by atoms with van der Waals surface area (Å²) in [5.41, 5.74) is 3.29. The van der Waals surface area contributed by atoms with Crippen LogP contribution in [-0.2, 0) is 26.2 Å². The number of sulfonamides is 1. The predicted molar refractivity (Wildman–Crippen MR) is 142 cm³/mol. The molecule has 35 heavy (non-hydrogen) atoms. The highest BCUT2D eigenvalue weighted by molar-refractivity contribution is 7.92. The average molecular weight is 522 g/mol. The number of rotatable bonds is 11. The lowest BCUT2D eigenvalue weighted by Crippen LogP contribution is -2.49. The molecule has 0 heterocycles. The van der Waals surface area contributed by atoms with Gasteiger partial charge in [0.2, 0.25) is 21.8 Å². The zero-order valence-corrected chi connectivity index (χ0v) is 22.9. The third-order valence-electron chi connectivity index (χ3n) is 5.84. The molecule has 2 aromatic rings. The van der Waals surface area contributed by atoms with Gasteiger partial charge in [0.25, 0.3) is 0 Å². The Labute approximate surface area is 214 Å². The van der Waals surface area contributed by atoms with E-state index >= 15 is 0 Å². The Kier molecular flexibility index (Phi) is 10.2. The Balaban J connectivity index is 2.21. The maximum Gasteiger partial charge on any atom is 0.242 e. The van der Waals surface area contributed by atoms with Gasteiger partial charge in [-0.3, -0.25) is 13.9 Å². The molecule has 0 saturated carbocycles. The molecule has 2 rings (SSSR count). The molecule has 0 radical (unpaired) electrons. The lowest BCUT2D eigenvalue weighted by atomic mass is 10.1. The summed E-state index contributed by atoms with van der Waals surface area (Å²) in [7, 11) is -3.54. The van der Waals surface area contributed by atoms with Crippen molar-refractivity contribution in [2.75, 3.05) is 17.1 Å². The van der Waals surface area contributed by atoms with Crippen molar-refractivity contribution in [3.8, 4) is 0 Å². The molecular formula is C26H36ClN3O4S. The quantitative estimate of drug-likeness (QED) is 0.473. The van der Waals surface area contributed by atoms with Crippen molar-refractivity contribution in [3.63, 3.8) is 0 Å². The van der Waals surface area contributed by atoms with Crippen LogP contribution in [0.5, 0.6) is 0 Å². The molecule has 0 unspecified atom stereocenters. The van der Waals surface area contributed by atoms with E-state index in [1.807, 2.05) is 45.9 Å². The molecule has 192 valence electrons. The Morgan fingerprint density at radius 1 is 1.06 bits per heavy atom. The zero-order valence-electron chi connectivity index (χ0n) is 21.3. The molecule has 0 aliphatic rings. The molecule has 2 amide bonds. The van der Waals surface area contributed by atoms with Gasteiger partial charge in [0, 0.05) is 30.6 Å². The molecule has 0 aliphatic carbocycles. The maximum atomic E-state index is 13.3. The van der Waals surface area contributed by atoms with Crippen molar-refractivity contribution in [2.45, 2.75) is 66.1 Å². The van der Waals surface area contributed by atoms with Crippen LogP contribution in [0.15, 0.2) is 42.5 Å². The van der Waals surface area contributed by atoms with Gasteiger partial charge in [0.05, 0.1) is 11.9 Å². The van der Waals surface area contributed by atoms with Crippen LogP contribution in [0.4, 0.5) is 5.69 Å². The Hall–Kier alpha value is -2.58. The van der Waals surface area contributed by atoms with Crippen molar-refractivity contribution in [1.29, 1.82) is 0 Å². The summed E-state index contributed by atoms with van der Waals surface area (Å²) < 4.78 is 26.4. The van der Waals surface area contributed by atoms with Crippen LogP contribution in [0.1, 0.15) is 50.3 Å². The highest BCUT2D eigenvalue weighted by atomic mass is 35.5. The van der Waals surface area contributed by atoms with Gasteiger partial charge < -0.3 is 10.2 Å². The van der Waals surface area contributed by atoms with E-state index in [4.69, 9.17) is 11.6 Å². The van der Waals surface area contributed by atoms with Crippen LogP contribution < -0.4 is 9.62 Å². The number of anilines is 1. The molecular weight excluding hydrogens is 486 g/mol. The minimum Gasteiger partial charge on any atom is -0.352 e. The highest BCUT2D eigenvalue weighted by Crippen LogP contribution is 2.25. The number of halogens is 1. The van der Waals surface area contributed by atoms with Gasteiger partial charge in [-0.05, 0) is 75.9 Å². The largest absolute Gasteiger partial charge is 0.352 e. The van der Waals surface area contributed by atoms with Gasteiger partial charge in [-0.2, -0.15) is 0 Å². The summed E-state index contributed by atoms with van der Waals surface area (Å²) in [5, 5.41) is 3.40. The van der Waals surface area contributed by atoms with Crippen LogP contribution in [-0.4, -0.2) is 50.0 Å². The molecule has 0 fully saturated rings. The van der Waals surface area contributed by atoms with Crippen LogP contribution in [0, 0.1) is 13.8 Å². The summed E-state index contributed by atoms with van der Waals surface area (Å²) in [5.74, 6) is -0.477.